The first-order valence-electron chi connectivity index (χ1n) is 9.52. The Morgan fingerprint density at radius 3 is 2.48 bits per heavy atom. The van der Waals surface area contributed by atoms with E-state index in [-0.39, 0.29) is 28.6 Å². The number of hydrogen-bond donors (Lipinski definition) is 0. The van der Waals surface area contributed by atoms with Crippen LogP contribution in [0.4, 0.5) is 10.1 Å². The van der Waals surface area contributed by atoms with E-state index in [1.807, 2.05) is 29.3 Å². The maximum Gasteiger partial charge on any atom is 0.253 e. The molecule has 3 atom stereocenters. The molecule has 6 nitrogen and oxygen atoms in total. The fraction of sp³-hybridized carbons (Fsp3) is 0.333. The van der Waals surface area contributed by atoms with Crippen LogP contribution in [-0.2, 0) is 9.59 Å². The fourth-order valence-electron chi connectivity index (χ4n) is 4.88. The predicted molar refractivity (Wildman–Crippen MR) is 105 cm³/mol. The highest BCUT2D eigenvalue weighted by molar-refractivity contribution is 6.31. The number of hydrazine groups is 1. The van der Waals surface area contributed by atoms with Gasteiger partial charge in [0.25, 0.3) is 5.91 Å². The average molecular weight is 416 g/mol. The quantitative estimate of drug-likeness (QED) is 0.721. The van der Waals surface area contributed by atoms with Crippen LogP contribution in [0.5, 0.6) is 5.75 Å². The highest BCUT2D eigenvalue weighted by Crippen LogP contribution is 2.50. The highest BCUT2D eigenvalue weighted by atomic mass is 35.5. The number of benzene rings is 2. The molecule has 2 amide bonds. The lowest BCUT2D eigenvalue weighted by molar-refractivity contribution is -0.126. The second kappa shape index (κ2) is 6.79. The molecule has 3 heterocycles. The molecule has 0 saturated carbocycles. The van der Waals surface area contributed by atoms with Gasteiger partial charge < -0.3 is 4.74 Å². The van der Waals surface area contributed by atoms with Gasteiger partial charge in [0.15, 0.2) is 0 Å². The number of nitrogens with zero attached hydrogens (tertiary/aromatic N) is 3. The molecule has 3 fully saturated rings. The molecule has 150 valence electrons. The first kappa shape index (κ1) is 18.5. The number of amides is 2. The summed E-state index contributed by atoms with van der Waals surface area (Å²) in [4.78, 5) is 27.9. The summed E-state index contributed by atoms with van der Waals surface area (Å²) >= 11 is 5.77. The minimum absolute atomic E-state index is 0.0503. The lowest BCUT2D eigenvalue weighted by Gasteiger charge is -2.30. The Morgan fingerprint density at radius 1 is 1.03 bits per heavy atom. The third-order valence-corrected chi connectivity index (χ3v) is 6.33. The van der Waals surface area contributed by atoms with Gasteiger partial charge in [0.2, 0.25) is 5.91 Å². The van der Waals surface area contributed by atoms with E-state index in [2.05, 4.69) is 5.01 Å². The molecule has 0 spiro atoms. The second-order valence-electron chi connectivity index (χ2n) is 7.45. The summed E-state index contributed by atoms with van der Waals surface area (Å²) < 4.78 is 19.6. The molecule has 3 aliphatic heterocycles. The third-order valence-electron chi connectivity index (χ3n) is 6.02. The van der Waals surface area contributed by atoms with Gasteiger partial charge in [-0.3, -0.25) is 9.59 Å². The number of methoxy groups -OCH3 is 1. The Labute approximate surface area is 172 Å². The van der Waals surface area contributed by atoms with Crippen LogP contribution in [0.3, 0.4) is 0 Å². The molecule has 0 radical (unpaired) electrons. The first-order valence-corrected chi connectivity index (χ1v) is 9.89. The summed E-state index contributed by atoms with van der Waals surface area (Å²) in [5, 5.41) is 4.06. The van der Waals surface area contributed by atoms with E-state index in [0.29, 0.717) is 12.3 Å². The minimum Gasteiger partial charge on any atom is -0.496 e. The van der Waals surface area contributed by atoms with Gasteiger partial charge in [0.05, 0.1) is 29.8 Å². The van der Waals surface area contributed by atoms with Crippen LogP contribution in [0.15, 0.2) is 42.5 Å². The molecule has 0 aromatic heterocycles. The van der Waals surface area contributed by atoms with Crippen LogP contribution in [0.25, 0.3) is 0 Å². The molecule has 5 rings (SSSR count). The van der Waals surface area contributed by atoms with Crippen LogP contribution >= 0.6 is 11.6 Å². The number of rotatable bonds is 3. The zero-order chi connectivity index (χ0) is 20.3. The van der Waals surface area contributed by atoms with Crippen molar-refractivity contribution in [3.8, 4) is 5.75 Å². The lowest BCUT2D eigenvalue weighted by atomic mass is 9.89. The highest BCUT2D eigenvalue weighted by Gasteiger charge is 2.63. The molecule has 2 aromatic carbocycles. The number of anilines is 1. The van der Waals surface area contributed by atoms with E-state index in [1.165, 1.54) is 12.1 Å². The zero-order valence-corrected chi connectivity index (χ0v) is 16.5. The molecule has 8 heteroatoms. The zero-order valence-electron chi connectivity index (χ0n) is 15.7. The van der Waals surface area contributed by atoms with Crippen molar-refractivity contribution in [3.63, 3.8) is 0 Å². The molecule has 29 heavy (non-hydrogen) atoms. The van der Waals surface area contributed by atoms with Crippen molar-refractivity contribution >= 4 is 29.1 Å². The summed E-state index contributed by atoms with van der Waals surface area (Å²) in [5.41, 5.74) is 1.08. The number of ether oxygens (including phenoxy) is 1. The second-order valence-corrected chi connectivity index (χ2v) is 7.85. The van der Waals surface area contributed by atoms with Gasteiger partial charge in [0.1, 0.15) is 17.6 Å². The molecule has 2 aromatic rings. The molecule has 0 aliphatic carbocycles. The van der Waals surface area contributed by atoms with Crippen LogP contribution in [0.2, 0.25) is 5.02 Å². The summed E-state index contributed by atoms with van der Waals surface area (Å²) in [6, 6.07) is 10.7. The molecule has 0 N–H and O–H groups in total. The lowest BCUT2D eigenvalue weighted by Crippen LogP contribution is -2.44. The normalized spacial score (nSPS) is 26.9. The van der Waals surface area contributed by atoms with Crippen molar-refractivity contribution in [2.45, 2.75) is 18.5 Å². The van der Waals surface area contributed by atoms with E-state index >= 15 is 0 Å². The van der Waals surface area contributed by atoms with Gasteiger partial charge in [-0.15, -0.1) is 0 Å². The van der Waals surface area contributed by atoms with Crippen LogP contribution in [-0.4, -0.2) is 48.1 Å². The SMILES string of the molecule is COc1ccccc1[C@H]1[C@H]2C(=O)N(c3ccc(Cl)c(F)c3)C(=O)[C@H]2N2CCCN12. The van der Waals surface area contributed by atoms with Gasteiger partial charge in [-0.2, -0.15) is 0 Å². The third kappa shape index (κ3) is 2.61. The van der Waals surface area contributed by atoms with Crippen LogP contribution in [0, 0.1) is 11.7 Å². The standard InChI is InChI=1S/C21H19ClFN3O3/c1-29-16-6-3-2-5-13(16)18-17-19(25-10-4-9-24(18)25)21(28)26(20(17)27)12-7-8-14(22)15(23)11-12/h2-3,5-8,11,17-19H,4,9-10H2,1H3/t17-,18+,19+/m1/s1. The van der Waals surface area contributed by atoms with Crippen molar-refractivity contribution in [2.24, 2.45) is 5.92 Å². The van der Waals surface area contributed by atoms with E-state index in [9.17, 15) is 14.0 Å². The maximum atomic E-state index is 14.0. The minimum atomic E-state index is -0.661. The number of hydrogen-bond acceptors (Lipinski definition) is 5. The van der Waals surface area contributed by atoms with Crippen molar-refractivity contribution < 1.29 is 18.7 Å². The van der Waals surface area contributed by atoms with Crippen molar-refractivity contribution in [1.29, 1.82) is 0 Å². The van der Waals surface area contributed by atoms with E-state index in [0.717, 1.165) is 29.5 Å². The summed E-state index contributed by atoms with van der Waals surface area (Å²) in [6.45, 7) is 1.47. The Kier molecular flexibility index (Phi) is 4.34. The number of carbonyl (C=O) groups excluding carboxylic acids is 2. The van der Waals surface area contributed by atoms with E-state index in [4.69, 9.17) is 16.3 Å². The monoisotopic (exact) mass is 415 g/mol. The smallest absolute Gasteiger partial charge is 0.253 e. The van der Waals surface area contributed by atoms with Gasteiger partial charge >= 0.3 is 0 Å². The first-order chi connectivity index (χ1) is 14.0. The summed E-state index contributed by atoms with van der Waals surface area (Å²) in [5.74, 6) is -1.22. The largest absolute Gasteiger partial charge is 0.496 e. The van der Waals surface area contributed by atoms with Crippen molar-refractivity contribution in [2.75, 3.05) is 25.1 Å². The summed E-state index contributed by atoms with van der Waals surface area (Å²) in [6.07, 6.45) is 0.909. The Morgan fingerprint density at radius 2 is 1.76 bits per heavy atom. The number of para-hydroxylation sites is 1. The number of imide groups is 1. The summed E-state index contributed by atoms with van der Waals surface area (Å²) in [7, 11) is 1.59. The number of fused-ring (bicyclic) bond motifs is 3. The van der Waals surface area contributed by atoms with Gasteiger partial charge in [-0.1, -0.05) is 29.8 Å². The topological polar surface area (TPSA) is 53.1 Å². The van der Waals surface area contributed by atoms with Crippen molar-refractivity contribution in [3.05, 3.63) is 58.9 Å². The van der Waals surface area contributed by atoms with Gasteiger partial charge in [0, 0.05) is 18.7 Å². The van der Waals surface area contributed by atoms with E-state index < -0.39 is 17.8 Å². The Hall–Kier alpha value is -2.48. The molecular weight excluding hydrogens is 397 g/mol. The molecule has 0 unspecified atom stereocenters. The fourth-order valence-corrected chi connectivity index (χ4v) is 4.99. The predicted octanol–water partition coefficient (Wildman–Crippen LogP) is 3.02. The van der Waals surface area contributed by atoms with E-state index in [1.54, 1.807) is 7.11 Å². The van der Waals surface area contributed by atoms with Crippen molar-refractivity contribution in [1.82, 2.24) is 10.0 Å². The number of halogens is 2. The Balaban J connectivity index is 1.60. The number of carbonyl (C=O) groups is 2. The Bertz CT molecular complexity index is 1020. The molecular formula is C21H19ClFN3O3. The average Bonchev–Trinajstić information content (AvgIpc) is 3.36. The van der Waals surface area contributed by atoms with Crippen LogP contribution in [0.1, 0.15) is 18.0 Å². The molecule has 0 bridgehead atoms. The molecule has 3 aliphatic rings. The maximum absolute atomic E-state index is 14.0. The van der Waals surface area contributed by atoms with Gasteiger partial charge in [-0.25, -0.2) is 19.3 Å². The van der Waals surface area contributed by atoms with Gasteiger partial charge in [-0.05, 0) is 30.7 Å². The molecule has 3 saturated heterocycles. The van der Waals surface area contributed by atoms with Crippen LogP contribution < -0.4 is 9.64 Å².